The zero-order valence-corrected chi connectivity index (χ0v) is 17.5. The number of halogens is 1. The largest absolute Gasteiger partial charge is 0.355 e. The van der Waals surface area contributed by atoms with Gasteiger partial charge >= 0.3 is 0 Å². The monoisotopic (exact) mass is 420 g/mol. The van der Waals surface area contributed by atoms with Crippen molar-refractivity contribution in [2.45, 2.75) is 43.5 Å². The van der Waals surface area contributed by atoms with Crippen LogP contribution in [0.1, 0.15) is 30.4 Å². The minimum atomic E-state index is -3.71. The van der Waals surface area contributed by atoms with Crippen molar-refractivity contribution in [1.29, 1.82) is 0 Å². The summed E-state index contributed by atoms with van der Waals surface area (Å²) in [7, 11) is -3.71. The third kappa shape index (κ3) is 4.93. The second-order valence-corrected chi connectivity index (χ2v) is 9.44. The van der Waals surface area contributed by atoms with Gasteiger partial charge in [0, 0.05) is 18.1 Å². The summed E-state index contributed by atoms with van der Waals surface area (Å²) in [4.78, 5) is 12.8. The number of rotatable bonds is 7. The fourth-order valence-corrected chi connectivity index (χ4v) is 5.30. The van der Waals surface area contributed by atoms with E-state index < -0.39 is 16.1 Å². The highest BCUT2D eigenvalue weighted by atomic mass is 35.5. The second-order valence-electron chi connectivity index (χ2n) is 7.11. The predicted octanol–water partition coefficient (Wildman–Crippen LogP) is 3.55. The van der Waals surface area contributed by atoms with E-state index in [0.717, 1.165) is 12.8 Å². The van der Waals surface area contributed by atoms with Crippen LogP contribution >= 0.6 is 11.6 Å². The number of amides is 1. The molecule has 2 aromatic carbocycles. The first-order chi connectivity index (χ1) is 13.4. The summed E-state index contributed by atoms with van der Waals surface area (Å²) in [6.07, 6.45) is 2.90. The van der Waals surface area contributed by atoms with E-state index in [1.165, 1.54) is 27.6 Å². The van der Waals surface area contributed by atoms with Crippen LogP contribution in [0.5, 0.6) is 0 Å². The van der Waals surface area contributed by atoms with Gasteiger partial charge in [0.25, 0.3) is 0 Å². The van der Waals surface area contributed by atoms with Crippen LogP contribution in [0.2, 0.25) is 5.02 Å². The Morgan fingerprint density at radius 2 is 1.96 bits per heavy atom. The number of nitrogens with zero attached hydrogens (tertiary/aromatic N) is 1. The van der Waals surface area contributed by atoms with Crippen LogP contribution < -0.4 is 5.32 Å². The van der Waals surface area contributed by atoms with Gasteiger partial charge in [-0.2, -0.15) is 4.31 Å². The van der Waals surface area contributed by atoms with Crippen molar-refractivity contribution in [3.63, 3.8) is 0 Å². The summed E-state index contributed by atoms with van der Waals surface area (Å²) >= 11 is 5.85. The van der Waals surface area contributed by atoms with E-state index in [4.69, 9.17) is 11.6 Å². The molecule has 1 N–H and O–H groups in total. The first-order valence-corrected chi connectivity index (χ1v) is 11.3. The lowest BCUT2D eigenvalue weighted by Crippen LogP contribution is -2.46. The number of carbonyl (C=O) groups excluding carboxylic acids is 1. The van der Waals surface area contributed by atoms with E-state index in [0.29, 0.717) is 31.0 Å². The standard InChI is InChI=1S/C21H25ClN2O3S/c1-16-5-2-6-17(15-16)7-3-13-23-21(25)20-8-4-14-24(20)28(26,27)19-11-9-18(22)10-12-19/h2,5-6,9-12,15,20H,3-4,7-8,13-14H2,1H3,(H,23,25)/t20-/m0/s1. The Kier molecular flexibility index (Phi) is 6.75. The van der Waals surface area contributed by atoms with Gasteiger partial charge in [-0.3, -0.25) is 4.79 Å². The first kappa shape index (κ1) is 20.8. The number of hydrogen-bond acceptors (Lipinski definition) is 3. The van der Waals surface area contributed by atoms with Gasteiger partial charge in [-0.25, -0.2) is 8.42 Å². The Hall–Kier alpha value is -1.89. The van der Waals surface area contributed by atoms with Crippen LogP contribution in [0.15, 0.2) is 53.4 Å². The van der Waals surface area contributed by atoms with E-state index in [1.54, 1.807) is 12.1 Å². The molecule has 2 aromatic rings. The van der Waals surface area contributed by atoms with Crippen molar-refractivity contribution in [3.05, 3.63) is 64.7 Å². The van der Waals surface area contributed by atoms with Crippen molar-refractivity contribution >= 4 is 27.5 Å². The number of sulfonamides is 1. The van der Waals surface area contributed by atoms with Gasteiger partial charge in [0.2, 0.25) is 15.9 Å². The van der Waals surface area contributed by atoms with Gasteiger partial charge in [0.1, 0.15) is 6.04 Å². The van der Waals surface area contributed by atoms with E-state index in [1.807, 2.05) is 6.07 Å². The maximum atomic E-state index is 12.9. The molecule has 0 aromatic heterocycles. The van der Waals surface area contributed by atoms with Crippen LogP contribution in [-0.4, -0.2) is 37.8 Å². The normalized spacial score (nSPS) is 17.6. The molecule has 1 aliphatic heterocycles. The molecule has 150 valence electrons. The zero-order valence-electron chi connectivity index (χ0n) is 15.9. The summed E-state index contributed by atoms with van der Waals surface area (Å²) in [5.41, 5.74) is 2.46. The van der Waals surface area contributed by atoms with Crippen LogP contribution in [0.25, 0.3) is 0 Å². The molecule has 0 unspecified atom stereocenters. The topological polar surface area (TPSA) is 66.5 Å². The number of aryl methyl sites for hydroxylation is 2. The Morgan fingerprint density at radius 1 is 1.21 bits per heavy atom. The van der Waals surface area contributed by atoms with Gasteiger partial charge in [-0.1, -0.05) is 41.4 Å². The minimum Gasteiger partial charge on any atom is -0.355 e. The molecule has 1 saturated heterocycles. The van der Waals surface area contributed by atoms with E-state index in [9.17, 15) is 13.2 Å². The summed E-state index contributed by atoms with van der Waals surface area (Å²) < 4.78 is 27.1. The number of carbonyl (C=O) groups is 1. The molecule has 1 fully saturated rings. The van der Waals surface area contributed by atoms with Crippen molar-refractivity contribution in [2.75, 3.05) is 13.1 Å². The quantitative estimate of drug-likeness (QED) is 0.696. The highest BCUT2D eigenvalue weighted by Crippen LogP contribution is 2.27. The smallest absolute Gasteiger partial charge is 0.243 e. The van der Waals surface area contributed by atoms with Crippen LogP contribution in [-0.2, 0) is 21.2 Å². The Balaban J connectivity index is 1.57. The highest BCUT2D eigenvalue weighted by molar-refractivity contribution is 7.89. The van der Waals surface area contributed by atoms with Crippen LogP contribution in [0, 0.1) is 6.92 Å². The van der Waals surface area contributed by atoms with Crippen molar-refractivity contribution in [2.24, 2.45) is 0 Å². The molecular formula is C21H25ClN2O3S. The molecule has 0 bridgehead atoms. The molecule has 3 rings (SSSR count). The van der Waals surface area contributed by atoms with Crippen LogP contribution in [0.3, 0.4) is 0 Å². The van der Waals surface area contributed by atoms with Crippen LogP contribution in [0.4, 0.5) is 0 Å². The van der Waals surface area contributed by atoms with E-state index in [-0.39, 0.29) is 10.8 Å². The lowest BCUT2D eigenvalue weighted by atomic mass is 10.1. The maximum Gasteiger partial charge on any atom is 0.243 e. The molecule has 1 aliphatic rings. The summed E-state index contributed by atoms with van der Waals surface area (Å²) in [6.45, 7) is 2.94. The van der Waals surface area contributed by atoms with E-state index in [2.05, 4.69) is 30.4 Å². The predicted molar refractivity (Wildman–Crippen MR) is 111 cm³/mol. The molecule has 0 saturated carbocycles. The summed E-state index contributed by atoms with van der Waals surface area (Å²) in [6, 6.07) is 13.7. The average Bonchev–Trinajstić information content (AvgIpc) is 3.16. The highest BCUT2D eigenvalue weighted by Gasteiger charge is 2.39. The second kappa shape index (κ2) is 9.07. The van der Waals surface area contributed by atoms with Crippen molar-refractivity contribution in [1.82, 2.24) is 9.62 Å². The maximum absolute atomic E-state index is 12.9. The number of hydrogen-bond donors (Lipinski definition) is 1. The SMILES string of the molecule is Cc1cccc(CCCNC(=O)[C@@H]2CCCN2S(=O)(=O)c2ccc(Cl)cc2)c1. The molecule has 0 spiro atoms. The number of nitrogens with one attached hydrogen (secondary N) is 1. The fourth-order valence-electron chi connectivity index (χ4n) is 3.52. The van der Waals surface area contributed by atoms with Gasteiger partial charge in [0.15, 0.2) is 0 Å². The molecule has 0 aliphatic carbocycles. The third-order valence-electron chi connectivity index (χ3n) is 4.95. The minimum absolute atomic E-state index is 0.163. The van der Waals surface area contributed by atoms with Gasteiger partial charge in [-0.15, -0.1) is 0 Å². The average molecular weight is 421 g/mol. The number of benzene rings is 2. The summed E-state index contributed by atoms with van der Waals surface area (Å²) in [5.74, 6) is -0.223. The molecule has 5 nitrogen and oxygen atoms in total. The van der Waals surface area contributed by atoms with Crippen molar-refractivity contribution in [3.8, 4) is 0 Å². The Bertz CT molecular complexity index is 929. The van der Waals surface area contributed by atoms with E-state index >= 15 is 0 Å². The zero-order chi connectivity index (χ0) is 20.1. The first-order valence-electron chi connectivity index (χ1n) is 9.48. The Labute approximate surface area is 171 Å². The third-order valence-corrected chi connectivity index (χ3v) is 7.12. The molecule has 1 atom stereocenters. The molecule has 7 heteroatoms. The lowest BCUT2D eigenvalue weighted by Gasteiger charge is -2.23. The molecule has 0 radical (unpaired) electrons. The van der Waals surface area contributed by atoms with Gasteiger partial charge < -0.3 is 5.32 Å². The van der Waals surface area contributed by atoms with Crippen molar-refractivity contribution < 1.29 is 13.2 Å². The molecular weight excluding hydrogens is 396 g/mol. The molecule has 1 amide bonds. The van der Waals surface area contributed by atoms with Gasteiger partial charge in [0.05, 0.1) is 4.90 Å². The summed E-state index contributed by atoms with van der Waals surface area (Å²) in [5, 5.41) is 3.38. The van der Waals surface area contributed by atoms with Gasteiger partial charge in [-0.05, 0) is 62.4 Å². The lowest BCUT2D eigenvalue weighted by molar-refractivity contribution is -0.124. The fraction of sp³-hybridized carbons (Fsp3) is 0.381. The molecule has 1 heterocycles. The molecule has 28 heavy (non-hydrogen) atoms. The Morgan fingerprint density at radius 3 is 2.68 bits per heavy atom.